The van der Waals surface area contributed by atoms with Gasteiger partial charge in [-0.05, 0) is 26.2 Å². The van der Waals surface area contributed by atoms with E-state index in [0.29, 0.717) is 18.7 Å². The first kappa shape index (κ1) is 11.0. The van der Waals surface area contributed by atoms with E-state index in [0.717, 1.165) is 19.5 Å². The standard InChI is InChI=1S/C10H22N2O/c1-9-4-2-5-10(8-11)12(9)6-3-7-13/h9-10,13H,2-8,11H2,1H3. The predicted octanol–water partition coefficient (Wildman–Crippen LogP) is 0.571. The third-order valence-corrected chi connectivity index (χ3v) is 3.04. The number of hydrogen-bond donors (Lipinski definition) is 2. The van der Waals surface area contributed by atoms with Crippen molar-refractivity contribution >= 4 is 0 Å². The maximum Gasteiger partial charge on any atom is 0.0443 e. The summed E-state index contributed by atoms with van der Waals surface area (Å²) in [5.74, 6) is 0. The Hall–Kier alpha value is -0.120. The third-order valence-electron chi connectivity index (χ3n) is 3.04. The molecule has 0 aromatic carbocycles. The molecule has 13 heavy (non-hydrogen) atoms. The van der Waals surface area contributed by atoms with E-state index >= 15 is 0 Å². The SMILES string of the molecule is CC1CCCC(CN)N1CCCO. The van der Waals surface area contributed by atoms with Gasteiger partial charge in [-0.15, -0.1) is 0 Å². The highest BCUT2D eigenvalue weighted by molar-refractivity contribution is 4.82. The fourth-order valence-corrected chi connectivity index (χ4v) is 2.25. The zero-order valence-corrected chi connectivity index (χ0v) is 8.58. The molecule has 0 amide bonds. The molecular weight excluding hydrogens is 164 g/mol. The van der Waals surface area contributed by atoms with Crippen molar-refractivity contribution in [3.63, 3.8) is 0 Å². The van der Waals surface area contributed by atoms with Crippen LogP contribution in [0.25, 0.3) is 0 Å². The Morgan fingerprint density at radius 2 is 2.23 bits per heavy atom. The van der Waals surface area contributed by atoms with E-state index in [4.69, 9.17) is 10.8 Å². The lowest BCUT2D eigenvalue weighted by Crippen LogP contribution is -2.49. The van der Waals surface area contributed by atoms with Crippen molar-refractivity contribution in [1.29, 1.82) is 0 Å². The molecule has 0 aliphatic carbocycles. The van der Waals surface area contributed by atoms with Crippen LogP contribution < -0.4 is 5.73 Å². The van der Waals surface area contributed by atoms with Crippen molar-refractivity contribution in [2.75, 3.05) is 19.7 Å². The second-order valence-corrected chi connectivity index (χ2v) is 3.98. The van der Waals surface area contributed by atoms with E-state index in [1.807, 2.05) is 0 Å². The summed E-state index contributed by atoms with van der Waals surface area (Å²) in [4.78, 5) is 2.46. The van der Waals surface area contributed by atoms with E-state index in [2.05, 4.69) is 11.8 Å². The first-order chi connectivity index (χ1) is 6.29. The molecule has 1 saturated heterocycles. The highest BCUT2D eigenvalue weighted by atomic mass is 16.3. The molecule has 1 aliphatic rings. The lowest BCUT2D eigenvalue weighted by Gasteiger charge is -2.40. The molecule has 0 aromatic rings. The highest BCUT2D eigenvalue weighted by Crippen LogP contribution is 2.21. The van der Waals surface area contributed by atoms with Crippen molar-refractivity contribution in [1.82, 2.24) is 4.90 Å². The summed E-state index contributed by atoms with van der Waals surface area (Å²) in [6, 6.07) is 1.20. The Morgan fingerprint density at radius 3 is 2.85 bits per heavy atom. The predicted molar refractivity (Wildman–Crippen MR) is 54.6 cm³/mol. The van der Waals surface area contributed by atoms with Crippen LogP contribution in [-0.4, -0.2) is 41.8 Å². The molecule has 78 valence electrons. The van der Waals surface area contributed by atoms with Crippen LogP contribution in [0.3, 0.4) is 0 Å². The molecule has 3 nitrogen and oxygen atoms in total. The van der Waals surface area contributed by atoms with Gasteiger partial charge in [-0.2, -0.15) is 0 Å². The summed E-state index contributed by atoms with van der Waals surface area (Å²) in [5.41, 5.74) is 5.72. The summed E-state index contributed by atoms with van der Waals surface area (Å²) in [5, 5.41) is 8.78. The monoisotopic (exact) mass is 186 g/mol. The zero-order chi connectivity index (χ0) is 9.68. The molecule has 1 fully saturated rings. The van der Waals surface area contributed by atoms with Gasteiger partial charge in [-0.1, -0.05) is 6.42 Å². The van der Waals surface area contributed by atoms with Gasteiger partial charge in [-0.3, -0.25) is 4.90 Å². The second kappa shape index (κ2) is 5.58. The van der Waals surface area contributed by atoms with Crippen molar-refractivity contribution in [2.24, 2.45) is 5.73 Å². The van der Waals surface area contributed by atoms with Gasteiger partial charge in [0.2, 0.25) is 0 Å². The Bertz CT molecular complexity index is 141. The lowest BCUT2D eigenvalue weighted by molar-refractivity contribution is 0.0888. The minimum absolute atomic E-state index is 0.292. The largest absolute Gasteiger partial charge is 0.396 e. The molecular formula is C10H22N2O. The number of piperidine rings is 1. The molecule has 0 spiro atoms. The van der Waals surface area contributed by atoms with Crippen LogP contribution >= 0.6 is 0 Å². The minimum atomic E-state index is 0.292. The van der Waals surface area contributed by atoms with Gasteiger partial charge >= 0.3 is 0 Å². The van der Waals surface area contributed by atoms with E-state index < -0.39 is 0 Å². The van der Waals surface area contributed by atoms with Crippen molar-refractivity contribution < 1.29 is 5.11 Å². The molecule has 0 saturated carbocycles. The smallest absolute Gasteiger partial charge is 0.0443 e. The summed E-state index contributed by atoms with van der Waals surface area (Å²) < 4.78 is 0. The maximum atomic E-state index is 8.78. The van der Waals surface area contributed by atoms with Gasteiger partial charge in [0, 0.05) is 31.8 Å². The fourth-order valence-electron chi connectivity index (χ4n) is 2.25. The second-order valence-electron chi connectivity index (χ2n) is 3.98. The highest BCUT2D eigenvalue weighted by Gasteiger charge is 2.25. The Kier molecular flexibility index (Phi) is 4.70. The van der Waals surface area contributed by atoms with E-state index in [1.54, 1.807) is 0 Å². The average Bonchev–Trinajstić information content (AvgIpc) is 2.15. The van der Waals surface area contributed by atoms with E-state index in [-0.39, 0.29) is 0 Å². The van der Waals surface area contributed by atoms with E-state index in [1.165, 1.54) is 19.3 Å². The van der Waals surface area contributed by atoms with Crippen molar-refractivity contribution in [3.05, 3.63) is 0 Å². The average molecular weight is 186 g/mol. The Morgan fingerprint density at radius 1 is 1.46 bits per heavy atom. The molecule has 1 heterocycles. The number of nitrogens with zero attached hydrogens (tertiary/aromatic N) is 1. The molecule has 1 rings (SSSR count). The van der Waals surface area contributed by atoms with Crippen LogP contribution in [0.5, 0.6) is 0 Å². The topological polar surface area (TPSA) is 49.5 Å². The van der Waals surface area contributed by atoms with Crippen LogP contribution in [0.4, 0.5) is 0 Å². The third kappa shape index (κ3) is 2.93. The molecule has 2 unspecified atom stereocenters. The number of rotatable bonds is 4. The molecule has 1 aliphatic heterocycles. The molecule has 0 radical (unpaired) electrons. The molecule has 0 bridgehead atoms. The van der Waals surface area contributed by atoms with Crippen LogP contribution in [0, 0.1) is 0 Å². The van der Waals surface area contributed by atoms with E-state index in [9.17, 15) is 0 Å². The zero-order valence-electron chi connectivity index (χ0n) is 8.58. The van der Waals surface area contributed by atoms with Gasteiger partial charge in [0.05, 0.1) is 0 Å². The summed E-state index contributed by atoms with van der Waals surface area (Å²) in [7, 11) is 0. The molecule has 3 heteroatoms. The number of likely N-dealkylation sites (tertiary alicyclic amines) is 1. The lowest BCUT2D eigenvalue weighted by atomic mass is 9.96. The fraction of sp³-hybridized carbons (Fsp3) is 1.00. The number of aliphatic hydroxyl groups excluding tert-OH is 1. The van der Waals surface area contributed by atoms with Gasteiger partial charge in [0.1, 0.15) is 0 Å². The van der Waals surface area contributed by atoms with Crippen LogP contribution in [0.1, 0.15) is 32.6 Å². The first-order valence-corrected chi connectivity index (χ1v) is 5.36. The van der Waals surface area contributed by atoms with Gasteiger partial charge in [-0.25, -0.2) is 0 Å². The minimum Gasteiger partial charge on any atom is -0.396 e. The Balaban J connectivity index is 2.41. The number of hydrogen-bond acceptors (Lipinski definition) is 3. The van der Waals surface area contributed by atoms with Crippen molar-refractivity contribution in [2.45, 2.75) is 44.7 Å². The van der Waals surface area contributed by atoms with Gasteiger partial charge in [0.15, 0.2) is 0 Å². The molecule has 3 N–H and O–H groups in total. The summed E-state index contributed by atoms with van der Waals surface area (Å²) in [6.45, 7) is 4.31. The van der Waals surface area contributed by atoms with Crippen LogP contribution in [-0.2, 0) is 0 Å². The Labute approximate surface area is 80.9 Å². The quantitative estimate of drug-likeness (QED) is 0.675. The summed E-state index contributed by atoms with van der Waals surface area (Å²) in [6.07, 6.45) is 4.69. The number of nitrogens with two attached hydrogens (primary N) is 1. The van der Waals surface area contributed by atoms with Crippen molar-refractivity contribution in [3.8, 4) is 0 Å². The van der Waals surface area contributed by atoms with Gasteiger partial charge < -0.3 is 10.8 Å². The maximum absolute atomic E-state index is 8.78. The van der Waals surface area contributed by atoms with Crippen LogP contribution in [0.2, 0.25) is 0 Å². The normalized spacial score (nSPS) is 30.7. The number of aliphatic hydroxyl groups is 1. The molecule has 0 aromatic heterocycles. The van der Waals surface area contributed by atoms with Crippen LogP contribution in [0.15, 0.2) is 0 Å². The van der Waals surface area contributed by atoms with Gasteiger partial charge in [0.25, 0.3) is 0 Å². The summed E-state index contributed by atoms with van der Waals surface area (Å²) >= 11 is 0. The first-order valence-electron chi connectivity index (χ1n) is 5.36. The molecule has 2 atom stereocenters.